The van der Waals surface area contributed by atoms with E-state index in [9.17, 15) is 13.6 Å². The zero-order chi connectivity index (χ0) is 9.19. The summed E-state index contributed by atoms with van der Waals surface area (Å²) in [5.74, 6) is -2.57. The number of amides is 1. The van der Waals surface area contributed by atoms with Crippen LogP contribution >= 0.6 is 0 Å². The van der Waals surface area contributed by atoms with Crippen molar-refractivity contribution in [2.24, 2.45) is 0 Å². The highest BCUT2D eigenvalue weighted by Crippen LogP contribution is 2.27. The van der Waals surface area contributed by atoms with Gasteiger partial charge in [0.25, 0.3) is 5.92 Å². The number of piperidine rings is 1. The smallest absolute Gasteiger partial charge is 0.251 e. The van der Waals surface area contributed by atoms with E-state index in [-0.39, 0.29) is 31.8 Å². The second-order valence-corrected chi connectivity index (χ2v) is 3.09. The van der Waals surface area contributed by atoms with Crippen molar-refractivity contribution in [3.8, 4) is 0 Å². The summed E-state index contributed by atoms with van der Waals surface area (Å²) in [5.41, 5.74) is 0. The maximum atomic E-state index is 12.6. The molecule has 1 aliphatic rings. The van der Waals surface area contributed by atoms with Gasteiger partial charge in [0.2, 0.25) is 5.91 Å². The highest BCUT2D eigenvalue weighted by Gasteiger charge is 2.34. The van der Waals surface area contributed by atoms with Gasteiger partial charge in [-0.15, -0.1) is 0 Å². The van der Waals surface area contributed by atoms with Crippen molar-refractivity contribution in [2.45, 2.75) is 32.1 Å². The Balaban J connectivity index is 2.41. The maximum absolute atomic E-state index is 12.6. The van der Waals surface area contributed by atoms with Crippen LogP contribution in [0.15, 0.2) is 0 Å². The van der Waals surface area contributed by atoms with Crippen LogP contribution in [0.4, 0.5) is 8.78 Å². The predicted molar refractivity (Wildman–Crippen MR) is 41.1 cm³/mol. The average Bonchev–Trinajstić information content (AvgIpc) is 2.03. The number of hydrogen-bond donors (Lipinski definition) is 0. The fourth-order valence-electron chi connectivity index (χ4n) is 1.31. The molecule has 1 aliphatic heterocycles. The molecule has 2 nitrogen and oxygen atoms in total. The SMILES string of the molecule is CCC(=O)N1CCC(F)(F)CC1. The van der Waals surface area contributed by atoms with E-state index < -0.39 is 5.92 Å². The number of likely N-dealkylation sites (tertiary alicyclic amines) is 1. The van der Waals surface area contributed by atoms with Crippen LogP contribution in [0, 0.1) is 0 Å². The van der Waals surface area contributed by atoms with Crippen LogP contribution in [0.5, 0.6) is 0 Å². The second kappa shape index (κ2) is 3.37. The quantitative estimate of drug-likeness (QED) is 0.596. The highest BCUT2D eigenvalue weighted by molar-refractivity contribution is 5.75. The molecule has 0 saturated carbocycles. The summed E-state index contributed by atoms with van der Waals surface area (Å²) in [4.78, 5) is 12.6. The fourth-order valence-corrected chi connectivity index (χ4v) is 1.31. The van der Waals surface area contributed by atoms with Gasteiger partial charge in [0.1, 0.15) is 0 Å². The molecule has 1 heterocycles. The number of rotatable bonds is 1. The number of carbonyl (C=O) groups is 1. The first kappa shape index (κ1) is 9.42. The van der Waals surface area contributed by atoms with E-state index in [1.54, 1.807) is 6.92 Å². The molecule has 4 heteroatoms. The zero-order valence-electron chi connectivity index (χ0n) is 7.15. The molecule has 0 spiro atoms. The van der Waals surface area contributed by atoms with E-state index >= 15 is 0 Å². The Kier molecular flexibility index (Phi) is 2.65. The molecule has 0 radical (unpaired) electrons. The zero-order valence-corrected chi connectivity index (χ0v) is 7.15. The van der Waals surface area contributed by atoms with Crippen LogP contribution in [0.3, 0.4) is 0 Å². The summed E-state index contributed by atoms with van der Waals surface area (Å²) in [6.45, 7) is 2.16. The Morgan fingerprint density at radius 2 is 1.92 bits per heavy atom. The van der Waals surface area contributed by atoms with Gasteiger partial charge in [-0.3, -0.25) is 4.79 Å². The molecule has 1 amide bonds. The number of halogens is 2. The van der Waals surface area contributed by atoms with Gasteiger partial charge in [-0.05, 0) is 0 Å². The van der Waals surface area contributed by atoms with Crippen molar-refractivity contribution in [2.75, 3.05) is 13.1 Å². The van der Waals surface area contributed by atoms with Gasteiger partial charge >= 0.3 is 0 Å². The van der Waals surface area contributed by atoms with E-state index in [0.29, 0.717) is 6.42 Å². The first-order valence-corrected chi connectivity index (χ1v) is 4.21. The molecule has 70 valence electrons. The van der Waals surface area contributed by atoms with E-state index in [1.807, 2.05) is 0 Å². The molecule has 1 rings (SSSR count). The minimum Gasteiger partial charge on any atom is -0.342 e. The first-order valence-electron chi connectivity index (χ1n) is 4.21. The van der Waals surface area contributed by atoms with Crippen molar-refractivity contribution in [1.82, 2.24) is 4.90 Å². The molecule has 0 bridgehead atoms. The van der Waals surface area contributed by atoms with E-state index in [4.69, 9.17) is 0 Å². The number of hydrogen-bond acceptors (Lipinski definition) is 1. The molecule has 1 saturated heterocycles. The third-order valence-corrected chi connectivity index (χ3v) is 2.15. The molecule has 1 fully saturated rings. The minimum atomic E-state index is -2.55. The molecular formula is C8H13F2NO. The van der Waals surface area contributed by atoms with Gasteiger partial charge in [-0.2, -0.15) is 0 Å². The monoisotopic (exact) mass is 177 g/mol. The largest absolute Gasteiger partial charge is 0.342 e. The van der Waals surface area contributed by atoms with Gasteiger partial charge in [0.15, 0.2) is 0 Å². The van der Waals surface area contributed by atoms with Gasteiger partial charge in [0, 0.05) is 32.4 Å². The maximum Gasteiger partial charge on any atom is 0.251 e. The van der Waals surface area contributed by atoms with Crippen LogP contribution < -0.4 is 0 Å². The first-order chi connectivity index (χ1) is 5.55. The number of nitrogens with zero attached hydrogens (tertiary/aromatic N) is 1. The summed E-state index contributed by atoms with van der Waals surface area (Å²) in [7, 11) is 0. The lowest BCUT2D eigenvalue weighted by Crippen LogP contribution is -2.42. The molecule has 0 aromatic carbocycles. The van der Waals surface area contributed by atoms with Crippen molar-refractivity contribution in [3.05, 3.63) is 0 Å². The molecule has 0 atom stereocenters. The minimum absolute atomic E-state index is 0.0227. The Labute approximate surface area is 70.5 Å². The summed E-state index contributed by atoms with van der Waals surface area (Å²) in [5, 5.41) is 0. The van der Waals surface area contributed by atoms with Crippen LogP contribution in [0.25, 0.3) is 0 Å². The third kappa shape index (κ3) is 2.16. The van der Waals surface area contributed by atoms with Crippen molar-refractivity contribution in [1.29, 1.82) is 0 Å². The summed E-state index contributed by atoms with van der Waals surface area (Å²) in [6.07, 6.45) is 0.0447. The van der Waals surface area contributed by atoms with Gasteiger partial charge < -0.3 is 4.90 Å². The van der Waals surface area contributed by atoms with E-state index in [1.165, 1.54) is 4.90 Å². The highest BCUT2D eigenvalue weighted by atomic mass is 19.3. The van der Waals surface area contributed by atoms with Crippen LogP contribution in [-0.4, -0.2) is 29.8 Å². The van der Waals surface area contributed by atoms with Crippen LogP contribution in [-0.2, 0) is 4.79 Å². The Morgan fingerprint density at radius 1 is 1.42 bits per heavy atom. The Hall–Kier alpha value is -0.670. The third-order valence-electron chi connectivity index (χ3n) is 2.15. The molecule has 0 N–H and O–H groups in total. The topological polar surface area (TPSA) is 20.3 Å². The lowest BCUT2D eigenvalue weighted by molar-refractivity contribution is -0.136. The van der Waals surface area contributed by atoms with Gasteiger partial charge in [-0.25, -0.2) is 8.78 Å². The van der Waals surface area contributed by atoms with Crippen molar-refractivity contribution >= 4 is 5.91 Å². The van der Waals surface area contributed by atoms with Gasteiger partial charge in [0.05, 0.1) is 0 Å². The Morgan fingerprint density at radius 3 is 2.33 bits per heavy atom. The molecule has 0 aromatic heterocycles. The molecule has 0 aromatic rings. The molecule has 0 aliphatic carbocycles. The molecule has 12 heavy (non-hydrogen) atoms. The average molecular weight is 177 g/mol. The van der Waals surface area contributed by atoms with Crippen LogP contribution in [0.1, 0.15) is 26.2 Å². The Bertz CT molecular complexity index is 172. The van der Waals surface area contributed by atoms with Gasteiger partial charge in [-0.1, -0.05) is 6.92 Å². The van der Waals surface area contributed by atoms with E-state index in [0.717, 1.165) is 0 Å². The number of alkyl halides is 2. The van der Waals surface area contributed by atoms with Crippen molar-refractivity contribution in [3.63, 3.8) is 0 Å². The standard InChI is InChI=1S/C8H13F2NO/c1-2-7(12)11-5-3-8(9,10)4-6-11/h2-6H2,1H3. The molecular weight excluding hydrogens is 164 g/mol. The lowest BCUT2D eigenvalue weighted by Gasteiger charge is -2.31. The predicted octanol–water partition coefficient (Wildman–Crippen LogP) is 1.65. The fraction of sp³-hybridized carbons (Fsp3) is 0.875. The van der Waals surface area contributed by atoms with Crippen molar-refractivity contribution < 1.29 is 13.6 Å². The second-order valence-electron chi connectivity index (χ2n) is 3.09. The van der Waals surface area contributed by atoms with E-state index in [2.05, 4.69) is 0 Å². The summed E-state index contributed by atoms with van der Waals surface area (Å²) >= 11 is 0. The summed E-state index contributed by atoms with van der Waals surface area (Å²) in [6, 6.07) is 0. The number of carbonyl (C=O) groups excluding carboxylic acids is 1. The molecule has 0 unspecified atom stereocenters. The lowest BCUT2D eigenvalue weighted by atomic mass is 10.1. The summed E-state index contributed by atoms with van der Waals surface area (Å²) < 4.78 is 25.2. The van der Waals surface area contributed by atoms with Crippen LogP contribution in [0.2, 0.25) is 0 Å². The normalized spacial score (nSPS) is 22.4.